The number of hydrogen-bond donors (Lipinski definition) is 1. The summed E-state index contributed by atoms with van der Waals surface area (Å²) >= 11 is 0. The van der Waals surface area contributed by atoms with Crippen LogP contribution in [0.5, 0.6) is 0 Å². The fourth-order valence-corrected chi connectivity index (χ4v) is 2.78. The lowest BCUT2D eigenvalue weighted by Crippen LogP contribution is -2.48. The molecule has 2 amide bonds. The molecule has 0 aliphatic rings. The number of aryl methyl sites for hydroxylation is 1. The highest BCUT2D eigenvalue weighted by atomic mass is 16.2. The first-order chi connectivity index (χ1) is 12.0. The van der Waals surface area contributed by atoms with Gasteiger partial charge in [-0.15, -0.1) is 0 Å². The molecule has 0 spiro atoms. The minimum Gasteiger partial charge on any atom is -0.355 e. The van der Waals surface area contributed by atoms with E-state index in [9.17, 15) is 9.59 Å². The van der Waals surface area contributed by atoms with Crippen LogP contribution in [-0.2, 0) is 22.6 Å². The molecule has 0 aliphatic carbocycles. The van der Waals surface area contributed by atoms with Crippen molar-refractivity contribution in [1.29, 1.82) is 0 Å². The number of rotatable bonds is 7. The predicted molar refractivity (Wildman–Crippen MR) is 100 cm³/mol. The van der Waals surface area contributed by atoms with Crippen LogP contribution in [0.3, 0.4) is 0 Å². The summed E-state index contributed by atoms with van der Waals surface area (Å²) in [6.45, 7) is 6.65. The zero-order valence-corrected chi connectivity index (χ0v) is 15.2. The molecular formula is C21H26N2O2. The number of benzene rings is 2. The van der Waals surface area contributed by atoms with Crippen LogP contribution in [0.2, 0.25) is 0 Å². The summed E-state index contributed by atoms with van der Waals surface area (Å²) in [4.78, 5) is 26.9. The van der Waals surface area contributed by atoms with Gasteiger partial charge in [-0.05, 0) is 31.9 Å². The molecule has 25 heavy (non-hydrogen) atoms. The van der Waals surface area contributed by atoms with Crippen LogP contribution in [0, 0.1) is 6.92 Å². The summed E-state index contributed by atoms with van der Waals surface area (Å²) in [6, 6.07) is 17.1. The third-order valence-corrected chi connectivity index (χ3v) is 4.15. The maximum atomic E-state index is 12.9. The lowest BCUT2D eigenvalue weighted by Gasteiger charge is -2.29. The van der Waals surface area contributed by atoms with Crippen LogP contribution in [-0.4, -0.2) is 29.3 Å². The number of amides is 2. The molecule has 4 heteroatoms. The van der Waals surface area contributed by atoms with Crippen molar-refractivity contribution in [2.24, 2.45) is 0 Å². The maximum absolute atomic E-state index is 12.9. The van der Waals surface area contributed by atoms with E-state index in [0.717, 1.165) is 16.7 Å². The maximum Gasteiger partial charge on any atom is 0.242 e. The molecule has 1 N–H and O–H groups in total. The standard InChI is InChI=1S/C21H26N2O2/c1-4-22-21(25)17(3)23(15-19-12-8-9-16(2)13-19)20(24)14-18-10-6-5-7-11-18/h5-13,17H,4,14-15H2,1-3H3,(H,22,25). The Morgan fingerprint density at radius 2 is 1.72 bits per heavy atom. The third kappa shape index (κ3) is 5.45. The average molecular weight is 338 g/mol. The summed E-state index contributed by atoms with van der Waals surface area (Å²) in [5.41, 5.74) is 3.11. The second-order valence-corrected chi connectivity index (χ2v) is 6.24. The second kappa shape index (κ2) is 9.02. The van der Waals surface area contributed by atoms with Crippen molar-refractivity contribution < 1.29 is 9.59 Å². The number of nitrogens with zero attached hydrogens (tertiary/aromatic N) is 1. The molecule has 1 atom stereocenters. The third-order valence-electron chi connectivity index (χ3n) is 4.15. The Morgan fingerprint density at radius 1 is 1.04 bits per heavy atom. The van der Waals surface area contributed by atoms with E-state index in [1.165, 1.54) is 0 Å². The van der Waals surface area contributed by atoms with Gasteiger partial charge < -0.3 is 10.2 Å². The van der Waals surface area contributed by atoms with Crippen molar-refractivity contribution in [3.05, 3.63) is 71.3 Å². The summed E-state index contributed by atoms with van der Waals surface area (Å²) in [7, 11) is 0. The quantitative estimate of drug-likeness (QED) is 0.843. The topological polar surface area (TPSA) is 49.4 Å². The van der Waals surface area contributed by atoms with Crippen molar-refractivity contribution in [3.63, 3.8) is 0 Å². The first-order valence-corrected chi connectivity index (χ1v) is 8.68. The van der Waals surface area contributed by atoms with Gasteiger partial charge in [-0.3, -0.25) is 9.59 Å². The van der Waals surface area contributed by atoms with Gasteiger partial charge in [0.25, 0.3) is 0 Å². The van der Waals surface area contributed by atoms with Crippen LogP contribution in [0.1, 0.15) is 30.5 Å². The minimum absolute atomic E-state index is 0.0496. The lowest BCUT2D eigenvalue weighted by atomic mass is 10.1. The summed E-state index contributed by atoms with van der Waals surface area (Å²) in [5, 5.41) is 2.81. The molecule has 4 nitrogen and oxygen atoms in total. The van der Waals surface area contributed by atoms with Gasteiger partial charge in [0.15, 0.2) is 0 Å². The molecule has 0 radical (unpaired) electrons. The van der Waals surface area contributed by atoms with E-state index >= 15 is 0 Å². The highest BCUT2D eigenvalue weighted by Crippen LogP contribution is 2.13. The molecule has 2 aromatic rings. The van der Waals surface area contributed by atoms with Gasteiger partial charge in [0, 0.05) is 13.1 Å². The van der Waals surface area contributed by atoms with Crippen molar-refractivity contribution >= 4 is 11.8 Å². The Hall–Kier alpha value is -2.62. The number of likely N-dealkylation sites (N-methyl/N-ethyl adjacent to an activating group) is 1. The van der Waals surface area contributed by atoms with Gasteiger partial charge in [0.05, 0.1) is 6.42 Å². The lowest BCUT2D eigenvalue weighted by molar-refractivity contribution is -0.140. The van der Waals surface area contributed by atoms with Gasteiger partial charge in [-0.1, -0.05) is 60.2 Å². The Kier molecular flexibility index (Phi) is 6.75. The number of carbonyl (C=O) groups is 2. The van der Waals surface area contributed by atoms with E-state index in [2.05, 4.69) is 5.32 Å². The molecule has 0 fully saturated rings. The normalized spacial score (nSPS) is 11.6. The molecular weight excluding hydrogens is 312 g/mol. The van der Waals surface area contributed by atoms with Crippen molar-refractivity contribution in [2.45, 2.75) is 39.8 Å². The molecule has 132 valence electrons. The highest BCUT2D eigenvalue weighted by molar-refractivity contribution is 5.88. The van der Waals surface area contributed by atoms with E-state index in [1.54, 1.807) is 11.8 Å². The van der Waals surface area contributed by atoms with E-state index in [1.807, 2.05) is 68.4 Å². The molecule has 1 unspecified atom stereocenters. The first kappa shape index (κ1) is 18.7. The fraction of sp³-hybridized carbons (Fsp3) is 0.333. The van der Waals surface area contributed by atoms with Gasteiger partial charge in [-0.2, -0.15) is 0 Å². The molecule has 0 aromatic heterocycles. The number of nitrogens with one attached hydrogen (secondary N) is 1. The van der Waals surface area contributed by atoms with E-state index in [0.29, 0.717) is 13.1 Å². The van der Waals surface area contributed by atoms with E-state index in [4.69, 9.17) is 0 Å². The van der Waals surface area contributed by atoms with Crippen LogP contribution in [0.15, 0.2) is 54.6 Å². The van der Waals surface area contributed by atoms with Crippen LogP contribution in [0.4, 0.5) is 0 Å². The van der Waals surface area contributed by atoms with Gasteiger partial charge >= 0.3 is 0 Å². The molecule has 0 aliphatic heterocycles. The molecule has 0 saturated carbocycles. The minimum atomic E-state index is -0.517. The number of carbonyl (C=O) groups excluding carboxylic acids is 2. The molecule has 0 saturated heterocycles. The predicted octanol–water partition coefficient (Wildman–Crippen LogP) is 3.09. The largest absolute Gasteiger partial charge is 0.355 e. The highest BCUT2D eigenvalue weighted by Gasteiger charge is 2.25. The SMILES string of the molecule is CCNC(=O)C(C)N(Cc1cccc(C)c1)C(=O)Cc1ccccc1. The molecule has 0 heterocycles. The molecule has 0 bridgehead atoms. The van der Waals surface area contributed by atoms with Crippen LogP contribution in [0.25, 0.3) is 0 Å². The van der Waals surface area contributed by atoms with Crippen LogP contribution >= 0.6 is 0 Å². The Balaban J connectivity index is 2.21. The first-order valence-electron chi connectivity index (χ1n) is 8.68. The summed E-state index contributed by atoms with van der Waals surface area (Å²) in [6.07, 6.45) is 0.288. The smallest absolute Gasteiger partial charge is 0.242 e. The zero-order valence-electron chi connectivity index (χ0n) is 15.2. The van der Waals surface area contributed by atoms with Gasteiger partial charge in [0.2, 0.25) is 11.8 Å². The second-order valence-electron chi connectivity index (χ2n) is 6.24. The van der Waals surface area contributed by atoms with Crippen LogP contribution < -0.4 is 5.32 Å². The molecule has 2 aromatic carbocycles. The summed E-state index contributed by atoms with van der Waals surface area (Å²) < 4.78 is 0. The average Bonchev–Trinajstić information content (AvgIpc) is 2.60. The summed E-state index contributed by atoms with van der Waals surface area (Å²) in [5.74, 6) is -0.178. The Labute approximate surface area is 149 Å². The monoisotopic (exact) mass is 338 g/mol. The molecule has 2 rings (SSSR count). The Bertz CT molecular complexity index is 713. The van der Waals surface area contributed by atoms with Gasteiger partial charge in [-0.25, -0.2) is 0 Å². The van der Waals surface area contributed by atoms with Crippen molar-refractivity contribution in [2.75, 3.05) is 6.54 Å². The van der Waals surface area contributed by atoms with E-state index < -0.39 is 6.04 Å². The zero-order chi connectivity index (χ0) is 18.2. The number of hydrogen-bond acceptors (Lipinski definition) is 2. The fourth-order valence-electron chi connectivity index (χ4n) is 2.78. The Morgan fingerprint density at radius 3 is 2.36 bits per heavy atom. The van der Waals surface area contributed by atoms with E-state index in [-0.39, 0.29) is 18.2 Å². The van der Waals surface area contributed by atoms with Gasteiger partial charge in [0.1, 0.15) is 6.04 Å². The van der Waals surface area contributed by atoms with Crippen molar-refractivity contribution in [3.8, 4) is 0 Å². The van der Waals surface area contributed by atoms with Crippen molar-refractivity contribution in [1.82, 2.24) is 10.2 Å².